The monoisotopic (exact) mass is 284 g/mol. The van der Waals surface area contributed by atoms with E-state index in [0.29, 0.717) is 11.5 Å². The third-order valence-corrected chi connectivity index (χ3v) is 4.88. The molecule has 0 spiro atoms. The van der Waals surface area contributed by atoms with E-state index in [0.717, 1.165) is 25.8 Å². The van der Waals surface area contributed by atoms with Crippen molar-refractivity contribution in [1.29, 1.82) is 0 Å². The first kappa shape index (κ1) is 13.3. The van der Waals surface area contributed by atoms with Gasteiger partial charge in [-0.3, -0.25) is 5.32 Å². The summed E-state index contributed by atoms with van der Waals surface area (Å²) in [7, 11) is 0. The van der Waals surface area contributed by atoms with E-state index in [9.17, 15) is 9.50 Å². The van der Waals surface area contributed by atoms with E-state index in [2.05, 4.69) is 10.6 Å². The third kappa shape index (κ3) is 2.17. The topological polar surface area (TPSA) is 44.3 Å². The fourth-order valence-corrected chi connectivity index (χ4v) is 3.50. The lowest BCUT2D eigenvalue weighted by molar-refractivity contribution is -0.0357. The van der Waals surface area contributed by atoms with Crippen LogP contribution in [0.15, 0.2) is 18.2 Å². The lowest BCUT2D eigenvalue weighted by Gasteiger charge is -2.48. The van der Waals surface area contributed by atoms with Crippen molar-refractivity contribution in [3.63, 3.8) is 0 Å². The van der Waals surface area contributed by atoms with Crippen molar-refractivity contribution in [2.24, 2.45) is 5.92 Å². The molecular weight excluding hydrogens is 267 g/mol. The molecule has 3 rings (SSSR count). The lowest BCUT2D eigenvalue weighted by atomic mass is 9.66. The number of hydrogen-bond acceptors (Lipinski definition) is 3. The summed E-state index contributed by atoms with van der Waals surface area (Å²) in [6.45, 7) is 1.23. The zero-order valence-corrected chi connectivity index (χ0v) is 11.4. The van der Waals surface area contributed by atoms with E-state index in [1.165, 1.54) is 6.07 Å². The zero-order chi connectivity index (χ0) is 13.5. The number of halogens is 2. The molecule has 104 valence electrons. The second-order valence-electron chi connectivity index (χ2n) is 5.49. The van der Waals surface area contributed by atoms with Gasteiger partial charge in [-0.15, -0.1) is 0 Å². The first-order valence-corrected chi connectivity index (χ1v) is 7.10. The lowest BCUT2D eigenvalue weighted by Crippen LogP contribution is -2.64. The van der Waals surface area contributed by atoms with Gasteiger partial charge in [-0.25, -0.2) is 4.39 Å². The van der Waals surface area contributed by atoms with Crippen molar-refractivity contribution in [3.8, 4) is 0 Å². The highest BCUT2D eigenvalue weighted by Crippen LogP contribution is 2.46. The van der Waals surface area contributed by atoms with Crippen molar-refractivity contribution >= 4 is 11.6 Å². The van der Waals surface area contributed by atoms with Crippen LogP contribution in [0.25, 0.3) is 0 Å². The molecule has 3 N–H and O–H groups in total. The van der Waals surface area contributed by atoms with Crippen LogP contribution < -0.4 is 10.6 Å². The van der Waals surface area contributed by atoms with Crippen LogP contribution in [0, 0.1) is 11.7 Å². The molecule has 2 aliphatic rings. The summed E-state index contributed by atoms with van der Waals surface area (Å²) in [4.78, 5) is 0. The molecule has 1 aromatic rings. The van der Waals surface area contributed by atoms with Gasteiger partial charge >= 0.3 is 0 Å². The molecule has 0 aromatic heterocycles. The highest BCUT2D eigenvalue weighted by Gasteiger charge is 2.54. The third-order valence-electron chi connectivity index (χ3n) is 4.59. The molecule has 0 bridgehead atoms. The molecule has 0 amide bonds. The molecule has 1 saturated carbocycles. The van der Waals surface area contributed by atoms with Crippen molar-refractivity contribution in [2.45, 2.75) is 37.6 Å². The van der Waals surface area contributed by atoms with Crippen molar-refractivity contribution in [1.82, 2.24) is 10.6 Å². The summed E-state index contributed by atoms with van der Waals surface area (Å²) in [5.74, 6) is 0.130. The summed E-state index contributed by atoms with van der Waals surface area (Å²) >= 11 is 5.74. The average molecular weight is 285 g/mol. The number of nitrogens with one attached hydrogen (secondary N) is 2. The van der Waals surface area contributed by atoms with E-state index in [4.69, 9.17) is 11.6 Å². The van der Waals surface area contributed by atoms with Crippen LogP contribution in [0.5, 0.6) is 0 Å². The number of fused-ring (bicyclic) bond motifs is 1. The minimum absolute atomic E-state index is 0.118. The van der Waals surface area contributed by atoms with Gasteiger partial charge in [-0.2, -0.15) is 0 Å². The van der Waals surface area contributed by atoms with Crippen LogP contribution in [0.3, 0.4) is 0 Å². The second kappa shape index (κ2) is 5.02. The molecule has 1 aromatic carbocycles. The van der Waals surface area contributed by atoms with Crippen molar-refractivity contribution in [2.75, 3.05) is 6.54 Å². The Hall–Kier alpha value is -0.680. The van der Waals surface area contributed by atoms with Gasteiger partial charge in [-0.1, -0.05) is 23.7 Å². The molecule has 3 atom stereocenters. The van der Waals surface area contributed by atoms with Gasteiger partial charge in [0.15, 0.2) is 0 Å². The Bertz CT molecular complexity index is 485. The maximum absolute atomic E-state index is 13.7. The Kier molecular flexibility index (Phi) is 3.52. The molecule has 1 aliphatic heterocycles. The Morgan fingerprint density at radius 3 is 3.05 bits per heavy atom. The quantitative estimate of drug-likeness (QED) is 0.742. The molecule has 1 aliphatic carbocycles. The summed E-state index contributed by atoms with van der Waals surface area (Å²) in [5.41, 5.74) is 0.284. The Balaban J connectivity index is 1.65. The first-order chi connectivity index (χ1) is 9.13. The molecule has 5 heteroatoms. The summed E-state index contributed by atoms with van der Waals surface area (Å²) < 4.78 is 13.7. The molecular formula is C14H18ClFN2O. The van der Waals surface area contributed by atoms with Gasteiger partial charge < -0.3 is 10.4 Å². The standard InChI is InChI=1S/C14H18ClFN2O/c15-11-3-1-2-9(12(11)16)8-17-13(19)14-6-4-10(14)5-7-18-14/h1-3,10,13,17-19H,4-8H2/t10?,13?,14-/m1/s1. The molecule has 0 radical (unpaired) electrons. The van der Waals surface area contributed by atoms with Gasteiger partial charge in [0.1, 0.15) is 12.0 Å². The average Bonchev–Trinajstić information content (AvgIpc) is 2.67. The van der Waals surface area contributed by atoms with Crippen molar-refractivity contribution < 1.29 is 9.50 Å². The number of benzene rings is 1. The first-order valence-electron chi connectivity index (χ1n) is 6.73. The second-order valence-corrected chi connectivity index (χ2v) is 5.89. The fraction of sp³-hybridized carbons (Fsp3) is 0.571. The van der Waals surface area contributed by atoms with E-state index >= 15 is 0 Å². The highest BCUT2D eigenvalue weighted by atomic mass is 35.5. The van der Waals surface area contributed by atoms with E-state index in [1.54, 1.807) is 12.1 Å². The van der Waals surface area contributed by atoms with Crippen LogP contribution >= 0.6 is 11.6 Å². The predicted octanol–water partition coefficient (Wildman–Crippen LogP) is 2.03. The summed E-state index contributed by atoms with van der Waals surface area (Å²) in [5, 5.41) is 16.9. The molecule has 2 unspecified atom stereocenters. The van der Waals surface area contributed by atoms with Gasteiger partial charge in [0.25, 0.3) is 0 Å². The van der Waals surface area contributed by atoms with Gasteiger partial charge in [0.05, 0.1) is 10.6 Å². The number of aliphatic hydroxyl groups excluding tert-OH is 1. The summed E-state index contributed by atoms with van der Waals surface area (Å²) in [6.07, 6.45) is 2.61. The molecule has 1 saturated heterocycles. The number of rotatable bonds is 4. The Labute approximate surface area is 117 Å². The number of aliphatic hydroxyl groups is 1. The Morgan fingerprint density at radius 1 is 1.53 bits per heavy atom. The van der Waals surface area contributed by atoms with E-state index in [-0.39, 0.29) is 17.1 Å². The van der Waals surface area contributed by atoms with Crippen LogP contribution in [-0.4, -0.2) is 23.4 Å². The van der Waals surface area contributed by atoms with Gasteiger partial charge in [-0.05, 0) is 37.8 Å². The SMILES string of the molecule is OC(NCc1cccc(Cl)c1F)[C@@]12CCC1CCN2. The summed E-state index contributed by atoms with van der Waals surface area (Å²) in [6, 6.07) is 4.92. The maximum atomic E-state index is 13.7. The minimum atomic E-state index is -0.646. The van der Waals surface area contributed by atoms with E-state index < -0.39 is 12.0 Å². The molecule has 19 heavy (non-hydrogen) atoms. The van der Waals surface area contributed by atoms with Gasteiger partial charge in [0, 0.05) is 12.1 Å². The van der Waals surface area contributed by atoms with Crippen LogP contribution in [0.1, 0.15) is 24.8 Å². The smallest absolute Gasteiger partial charge is 0.146 e. The fourth-order valence-electron chi connectivity index (χ4n) is 3.30. The van der Waals surface area contributed by atoms with Crippen LogP contribution in [0.2, 0.25) is 5.02 Å². The minimum Gasteiger partial charge on any atom is -0.377 e. The predicted molar refractivity (Wildman–Crippen MR) is 72.3 cm³/mol. The Morgan fingerprint density at radius 2 is 2.37 bits per heavy atom. The van der Waals surface area contributed by atoms with Gasteiger partial charge in [0.2, 0.25) is 0 Å². The van der Waals surface area contributed by atoms with E-state index in [1.807, 2.05) is 0 Å². The molecule has 1 heterocycles. The highest BCUT2D eigenvalue weighted by molar-refractivity contribution is 6.30. The van der Waals surface area contributed by atoms with Crippen LogP contribution in [0.4, 0.5) is 4.39 Å². The molecule has 3 nitrogen and oxygen atoms in total. The normalized spacial score (nSPS) is 30.8. The van der Waals surface area contributed by atoms with Crippen LogP contribution in [-0.2, 0) is 6.54 Å². The van der Waals surface area contributed by atoms with Crippen molar-refractivity contribution in [3.05, 3.63) is 34.6 Å². The maximum Gasteiger partial charge on any atom is 0.146 e. The largest absolute Gasteiger partial charge is 0.377 e. The zero-order valence-electron chi connectivity index (χ0n) is 10.6. The number of hydrogen-bond donors (Lipinski definition) is 3. The molecule has 2 fully saturated rings.